The lowest BCUT2D eigenvalue weighted by Crippen LogP contribution is -2.33. The van der Waals surface area contributed by atoms with Gasteiger partial charge in [-0.3, -0.25) is 14.8 Å². The average molecular weight is 708 g/mol. The van der Waals surface area contributed by atoms with Gasteiger partial charge in [-0.25, -0.2) is 14.4 Å². The van der Waals surface area contributed by atoms with E-state index in [9.17, 15) is 9.18 Å². The first kappa shape index (κ1) is 32.9. The van der Waals surface area contributed by atoms with E-state index in [4.69, 9.17) is 35.8 Å². The summed E-state index contributed by atoms with van der Waals surface area (Å²) in [5.74, 6) is 1.18. The number of imidazole rings is 1. The van der Waals surface area contributed by atoms with Gasteiger partial charge in [0.15, 0.2) is 0 Å². The SMILES string of the molecule is COc1n[nH]c2ccc(C(=O)Nc3ccc4c(c3)nc(CN3CC=C(c5cccc(OCc6ccc(Cl)cc6F)n5)CC3)n4CC3CCO3)cc12. The number of H-pyrrole nitrogens is 1. The Kier molecular flexibility index (Phi) is 9.12. The van der Waals surface area contributed by atoms with Crippen LogP contribution in [0.4, 0.5) is 10.1 Å². The third-order valence-electron chi connectivity index (χ3n) is 9.35. The van der Waals surface area contributed by atoms with Crippen molar-refractivity contribution < 1.29 is 23.4 Å². The second-order valence-corrected chi connectivity index (χ2v) is 13.1. The Balaban J connectivity index is 0.962. The van der Waals surface area contributed by atoms with E-state index in [1.54, 1.807) is 37.4 Å². The van der Waals surface area contributed by atoms with E-state index < -0.39 is 5.82 Å². The normalized spacial score (nSPS) is 16.2. The Labute approximate surface area is 298 Å². The smallest absolute Gasteiger partial charge is 0.255 e. The Morgan fingerprint density at radius 1 is 1.12 bits per heavy atom. The molecule has 6 aromatic rings. The number of carbonyl (C=O) groups is 1. The van der Waals surface area contributed by atoms with Crippen molar-refractivity contribution >= 4 is 50.7 Å². The minimum atomic E-state index is -0.406. The van der Waals surface area contributed by atoms with Gasteiger partial charge in [-0.05, 0) is 73.0 Å². The zero-order valence-electron chi connectivity index (χ0n) is 27.9. The van der Waals surface area contributed by atoms with Crippen LogP contribution in [0.25, 0.3) is 27.5 Å². The van der Waals surface area contributed by atoms with Gasteiger partial charge in [-0.2, -0.15) is 0 Å². The van der Waals surface area contributed by atoms with Crippen LogP contribution in [0.2, 0.25) is 5.02 Å². The number of nitrogens with zero attached hydrogens (tertiary/aromatic N) is 5. The number of anilines is 1. The molecule has 8 rings (SSSR count). The summed E-state index contributed by atoms with van der Waals surface area (Å²) >= 11 is 5.88. The quantitative estimate of drug-likeness (QED) is 0.148. The van der Waals surface area contributed by atoms with Crippen LogP contribution in [0.3, 0.4) is 0 Å². The van der Waals surface area contributed by atoms with Gasteiger partial charge in [0.05, 0.1) is 53.9 Å². The first-order valence-corrected chi connectivity index (χ1v) is 17.2. The molecule has 0 radical (unpaired) electrons. The zero-order chi connectivity index (χ0) is 34.9. The highest BCUT2D eigenvalue weighted by Crippen LogP contribution is 2.29. The third-order valence-corrected chi connectivity index (χ3v) is 9.58. The minimum absolute atomic E-state index is 0.0605. The number of halogens is 2. The van der Waals surface area contributed by atoms with E-state index in [0.29, 0.717) is 40.1 Å². The number of rotatable bonds is 11. The van der Waals surface area contributed by atoms with Gasteiger partial charge in [0.1, 0.15) is 18.2 Å². The molecule has 0 aliphatic carbocycles. The van der Waals surface area contributed by atoms with Crippen LogP contribution in [0.1, 0.15) is 40.3 Å². The Bertz CT molecular complexity index is 2280. The summed E-state index contributed by atoms with van der Waals surface area (Å²) in [6.07, 6.45) is 4.17. The number of aromatic nitrogens is 5. The van der Waals surface area contributed by atoms with Gasteiger partial charge >= 0.3 is 0 Å². The Morgan fingerprint density at radius 2 is 2.02 bits per heavy atom. The van der Waals surface area contributed by atoms with E-state index in [2.05, 4.69) is 31.1 Å². The number of ether oxygens (including phenoxy) is 3. The molecule has 11 nitrogen and oxygen atoms in total. The Morgan fingerprint density at radius 3 is 2.80 bits per heavy atom. The molecular formula is C38H35ClFN7O4. The molecule has 3 aromatic heterocycles. The molecule has 51 heavy (non-hydrogen) atoms. The number of methoxy groups -OCH3 is 1. The highest BCUT2D eigenvalue weighted by atomic mass is 35.5. The first-order chi connectivity index (χ1) is 24.9. The van der Waals surface area contributed by atoms with Crippen LogP contribution in [-0.4, -0.2) is 68.4 Å². The van der Waals surface area contributed by atoms with Crippen molar-refractivity contribution in [3.8, 4) is 11.8 Å². The fourth-order valence-corrected chi connectivity index (χ4v) is 6.61. The number of carbonyl (C=O) groups excluding carboxylic acids is 1. The highest BCUT2D eigenvalue weighted by molar-refractivity contribution is 6.30. The van der Waals surface area contributed by atoms with Gasteiger partial charge in [0.2, 0.25) is 11.8 Å². The fraction of sp³-hybridized carbons (Fsp3) is 0.263. The molecule has 2 aliphatic rings. The molecule has 5 heterocycles. The summed E-state index contributed by atoms with van der Waals surface area (Å²) in [6.45, 7) is 3.76. The predicted octanol–water partition coefficient (Wildman–Crippen LogP) is 7.02. The topological polar surface area (TPSA) is 119 Å². The van der Waals surface area contributed by atoms with E-state index >= 15 is 0 Å². The maximum absolute atomic E-state index is 14.2. The molecule has 1 amide bonds. The fourth-order valence-electron chi connectivity index (χ4n) is 6.46. The number of fused-ring (bicyclic) bond motifs is 2. The van der Waals surface area contributed by atoms with Crippen molar-refractivity contribution in [2.24, 2.45) is 0 Å². The van der Waals surface area contributed by atoms with Crippen molar-refractivity contribution in [3.63, 3.8) is 0 Å². The minimum Gasteiger partial charge on any atom is -0.480 e. The summed E-state index contributed by atoms with van der Waals surface area (Å²) < 4.78 is 33.4. The van der Waals surface area contributed by atoms with Crippen molar-refractivity contribution in [2.45, 2.75) is 38.6 Å². The molecule has 2 N–H and O–H groups in total. The summed E-state index contributed by atoms with van der Waals surface area (Å²) in [4.78, 5) is 25.4. The van der Waals surface area contributed by atoms with E-state index in [0.717, 1.165) is 78.1 Å². The lowest BCUT2D eigenvalue weighted by Gasteiger charge is -2.29. The molecule has 1 saturated heterocycles. The summed E-state index contributed by atoms with van der Waals surface area (Å²) in [5.41, 5.74) is 6.14. The van der Waals surface area contributed by atoms with Crippen LogP contribution >= 0.6 is 11.6 Å². The second kappa shape index (κ2) is 14.1. The number of amides is 1. The van der Waals surface area contributed by atoms with Gasteiger partial charge in [0.25, 0.3) is 5.91 Å². The largest absolute Gasteiger partial charge is 0.480 e. The summed E-state index contributed by atoms with van der Waals surface area (Å²) in [5, 5.41) is 11.1. The first-order valence-electron chi connectivity index (χ1n) is 16.8. The molecular weight excluding hydrogens is 673 g/mol. The number of hydrogen-bond donors (Lipinski definition) is 2. The molecule has 13 heteroatoms. The molecule has 2 aliphatic heterocycles. The molecule has 260 valence electrons. The van der Waals surface area contributed by atoms with Gasteiger partial charge in [-0.15, -0.1) is 5.10 Å². The highest BCUT2D eigenvalue weighted by Gasteiger charge is 2.24. The van der Waals surface area contributed by atoms with Crippen molar-refractivity contribution in [1.82, 2.24) is 29.6 Å². The number of hydrogen-bond acceptors (Lipinski definition) is 8. The van der Waals surface area contributed by atoms with Crippen molar-refractivity contribution in [2.75, 3.05) is 32.1 Å². The summed E-state index contributed by atoms with van der Waals surface area (Å²) in [6, 6.07) is 21.4. The van der Waals surface area contributed by atoms with Crippen molar-refractivity contribution in [1.29, 1.82) is 0 Å². The van der Waals surface area contributed by atoms with Gasteiger partial charge < -0.3 is 24.1 Å². The Hall–Kier alpha value is -5.30. The van der Waals surface area contributed by atoms with Crippen LogP contribution in [0, 0.1) is 5.82 Å². The van der Waals surface area contributed by atoms with Crippen LogP contribution < -0.4 is 14.8 Å². The van der Waals surface area contributed by atoms with Crippen LogP contribution in [-0.2, 0) is 24.4 Å². The van der Waals surface area contributed by atoms with Crippen LogP contribution in [0.5, 0.6) is 11.8 Å². The molecule has 0 spiro atoms. The van der Waals surface area contributed by atoms with E-state index in [1.807, 2.05) is 36.4 Å². The average Bonchev–Trinajstić information content (AvgIpc) is 3.69. The number of benzene rings is 3. The monoisotopic (exact) mass is 707 g/mol. The zero-order valence-corrected chi connectivity index (χ0v) is 28.6. The number of nitrogens with one attached hydrogen (secondary N) is 2. The molecule has 3 aromatic carbocycles. The maximum Gasteiger partial charge on any atom is 0.255 e. The maximum atomic E-state index is 14.2. The number of pyridine rings is 1. The lowest BCUT2D eigenvalue weighted by molar-refractivity contribution is -0.0591. The molecule has 0 bridgehead atoms. The lowest BCUT2D eigenvalue weighted by atomic mass is 10.0. The van der Waals surface area contributed by atoms with Gasteiger partial charge in [0, 0.05) is 47.6 Å². The second-order valence-electron chi connectivity index (χ2n) is 12.7. The molecule has 1 atom stereocenters. The standard InChI is InChI=1S/C38H35ClFN7O4/c1-49-38-29-17-24(6-9-32(29)44-45-38)37(48)41-27-8-10-34-33(19-27)42-35(47(34)20-28-13-16-50-28)21-46-14-11-23(12-15-46)31-3-2-4-36(43-31)51-22-25-5-7-26(39)18-30(25)40/h2-11,17-19,28H,12-16,20-22H2,1H3,(H,41,48)(H,44,45). The van der Waals surface area contributed by atoms with Crippen molar-refractivity contribution in [3.05, 3.63) is 112 Å². The predicted molar refractivity (Wildman–Crippen MR) is 193 cm³/mol. The molecule has 1 unspecified atom stereocenters. The molecule has 1 fully saturated rings. The third kappa shape index (κ3) is 7.03. The van der Waals surface area contributed by atoms with Crippen LogP contribution in [0.15, 0.2) is 78.9 Å². The van der Waals surface area contributed by atoms with E-state index in [1.165, 1.54) is 6.07 Å². The molecule has 0 saturated carbocycles. The number of aromatic amines is 1. The van der Waals surface area contributed by atoms with Gasteiger partial charge in [-0.1, -0.05) is 29.8 Å². The summed E-state index contributed by atoms with van der Waals surface area (Å²) in [7, 11) is 1.55. The van der Waals surface area contributed by atoms with E-state index in [-0.39, 0.29) is 18.6 Å².